The zero-order valence-corrected chi connectivity index (χ0v) is 11.1. The molecule has 0 aromatic heterocycles. The van der Waals surface area contributed by atoms with Crippen LogP contribution < -0.4 is 5.32 Å². The molecule has 0 aliphatic carbocycles. The van der Waals surface area contributed by atoms with Gasteiger partial charge in [0.15, 0.2) is 19.7 Å². The predicted molar refractivity (Wildman–Crippen MR) is 64.0 cm³/mol. The molecule has 1 atom stereocenters. The molecule has 7 heteroatoms. The summed E-state index contributed by atoms with van der Waals surface area (Å²) in [4.78, 5) is 0. The number of sulfone groups is 2. The lowest BCUT2D eigenvalue weighted by atomic mass is 10.1. The van der Waals surface area contributed by atoms with E-state index in [1.165, 1.54) is 0 Å². The van der Waals surface area contributed by atoms with Crippen molar-refractivity contribution < 1.29 is 16.8 Å². The minimum Gasteiger partial charge on any atom is -0.315 e. The Bertz CT molecular complexity index is 413. The lowest BCUT2D eigenvalue weighted by Gasteiger charge is -2.09. The van der Waals surface area contributed by atoms with Gasteiger partial charge in [-0.3, -0.25) is 0 Å². The van der Waals surface area contributed by atoms with Crippen LogP contribution in [-0.2, 0) is 19.7 Å². The first-order valence-electron chi connectivity index (χ1n) is 5.46. The van der Waals surface area contributed by atoms with Crippen molar-refractivity contribution in [2.45, 2.75) is 13.3 Å². The second kappa shape index (κ2) is 5.46. The van der Waals surface area contributed by atoms with E-state index >= 15 is 0 Å². The van der Waals surface area contributed by atoms with Gasteiger partial charge in [-0.05, 0) is 18.9 Å². The van der Waals surface area contributed by atoms with Crippen molar-refractivity contribution in [1.29, 1.82) is 0 Å². The Morgan fingerprint density at radius 3 is 2.56 bits per heavy atom. The van der Waals surface area contributed by atoms with Crippen LogP contribution in [0.25, 0.3) is 0 Å². The number of hydrogen-bond acceptors (Lipinski definition) is 5. The van der Waals surface area contributed by atoms with Gasteiger partial charge in [0.2, 0.25) is 0 Å². The molecule has 0 bridgehead atoms. The highest BCUT2D eigenvalue weighted by Gasteiger charge is 2.27. The van der Waals surface area contributed by atoms with E-state index in [9.17, 15) is 16.8 Å². The quantitative estimate of drug-likeness (QED) is 0.654. The summed E-state index contributed by atoms with van der Waals surface area (Å²) in [5.74, 6) is 0.942. The van der Waals surface area contributed by atoms with E-state index in [0.717, 1.165) is 0 Å². The molecule has 0 amide bonds. The standard InChI is InChI=1S/C9H19NO4S2/c1-2-15(11,12)6-4-10-7-9-3-5-16(13,14)8-9/h9-10H,2-8H2,1H3. The first-order chi connectivity index (χ1) is 7.35. The third kappa shape index (κ3) is 4.80. The van der Waals surface area contributed by atoms with E-state index in [1.807, 2.05) is 0 Å². The van der Waals surface area contributed by atoms with Crippen LogP contribution in [0, 0.1) is 5.92 Å². The van der Waals surface area contributed by atoms with Gasteiger partial charge >= 0.3 is 0 Å². The Kier molecular flexibility index (Phi) is 4.75. The maximum Gasteiger partial charge on any atom is 0.151 e. The minimum absolute atomic E-state index is 0.128. The van der Waals surface area contributed by atoms with Crippen molar-refractivity contribution in [1.82, 2.24) is 5.32 Å². The molecular formula is C9H19NO4S2. The fourth-order valence-electron chi connectivity index (χ4n) is 1.71. The molecule has 1 N–H and O–H groups in total. The molecule has 0 aromatic carbocycles. The molecule has 1 heterocycles. The second-order valence-corrected chi connectivity index (χ2v) is 8.91. The maximum absolute atomic E-state index is 11.2. The Morgan fingerprint density at radius 2 is 2.06 bits per heavy atom. The van der Waals surface area contributed by atoms with E-state index in [2.05, 4.69) is 5.32 Å². The number of hydrogen-bond donors (Lipinski definition) is 1. The summed E-state index contributed by atoms with van der Waals surface area (Å²) < 4.78 is 44.6. The van der Waals surface area contributed by atoms with E-state index in [-0.39, 0.29) is 28.9 Å². The van der Waals surface area contributed by atoms with E-state index in [0.29, 0.717) is 19.5 Å². The minimum atomic E-state index is -2.92. The average Bonchev–Trinajstić information content (AvgIpc) is 2.53. The molecule has 1 aliphatic rings. The van der Waals surface area contributed by atoms with E-state index in [1.54, 1.807) is 6.92 Å². The largest absolute Gasteiger partial charge is 0.315 e. The van der Waals surface area contributed by atoms with Crippen LogP contribution in [0.5, 0.6) is 0 Å². The van der Waals surface area contributed by atoms with Crippen LogP contribution in [0.1, 0.15) is 13.3 Å². The molecule has 1 unspecified atom stereocenters. The lowest BCUT2D eigenvalue weighted by Crippen LogP contribution is -2.29. The summed E-state index contributed by atoms with van der Waals surface area (Å²) in [6, 6.07) is 0. The fraction of sp³-hybridized carbons (Fsp3) is 1.00. The van der Waals surface area contributed by atoms with E-state index in [4.69, 9.17) is 0 Å². The molecule has 0 aromatic rings. The van der Waals surface area contributed by atoms with Gasteiger partial charge in [0.1, 0.15) is 0 Å². The first-order valence-corrected chi connectivity index (χ1v) is 9.10. The van der Waals surface area contributed by atoms with Crippen LogP contribution in [0.4, 0.5) is 0 Å². The van der Waals surface area contributed by atoms with Crippen molar-refractivity contribution >= 4 is 19.7 Å². The molecular weight excluding hydrogens is 250 g/mol. The van der Waals surface area contributed by atoms with Crippen LogP contribution in [0.2, 0.25) is 0 Å². The van der Waals surface area contributed by atoms with Gasteiger partial charge in [0, 0.05) is 12.3 Å². The SMILES string of the molecule is CCS(=O)(=O)CCNCC1CCS(=O)(=O)C1. The summed E-state index contributed by atoms with van der Waals surface area (Å²) >= 11 is 0. The fourth-order valence-corrected chi connectivity index (χ4v) is 4.32. The first kappa shape index (κ1) is 13.9. The van der Waals surface area contributed by atoms with Gasteiger partial charge in [-0.25, -0.2) is 16.8 Å². The third-order valence-electron chi connectivity index (χ3n) is 2.79. The Balaban J connectivity index is 2.18. The highest BCUT2D eigenvalue weighted by Crippen LogP contribution is 2.17. The Hall–Kier alpha value is -0.140. The van der Waals surface area contributed by atoms with Crippen molar-refractivity contribution in [3.63, 3.8) is 0 Å². The monoisotopic (exact) mass is 269 g/mol. The van der Waals surface area contributed by atoms with Gasteiger partial charge in [0.05, 0.1) is 17.3 Å². The normalized spacial score (nSPS) is 24.7. The van der Waals surface area contributed by atoms with Crippen molar-refractivity contribution in [2.24, 2.45) is 5.92 Å². The summed E-state index contributed by atoms with van der Waals surface area (Å²) in [6.07, 6.45) is 0.690. The topological polar surface area (TPSA) is 80.3 Å². The molecule has 5 nitrogen and oxygen atoms in total. The van der Waals surface area contributed by atoms with Crippen LogP contribution in [-0.4, -0.2) is 52.9 Å². The van der Waals surface area contributed by atoms with Gasteiger partial charge in [0.25, 0.3) is 0 Å². The van der Waals surface area contributed by atoms with Crippen LogP contribution in [0.15, 0.2) is 0 Å². The second-order valence-electron chi connectivity index (χ2n) is 4.21. The number of rotatable bonds is 6. The van der Waals surface area contributed by atoms with Crippen LogP contribution >= 0.6 is 0 Å². The van der Waals surface area contributed by atoms with E-state index < -0.39 is 19.7 Å². The summed E-state index contributed by atoms with van der Waals surface area (Å²) in [5, 5.41) is 3.01. The molecule has 0 saturated carbocycles. The van der Waals surface area contributed by atoms with Crippen molar-refractivity contribution in [3.05, 3.63) is 0 Å². The maximum atomic E-state index is 11.2. The smallest absolute Gasteiger partial charge is 0.151 e. The predicted octanol–water partition coefficient (Wildman–Crippen LogP) is -0.555. The van der Waals surface area contributed by atoms with Crippen molar-refractivity contribution in [3.8, 4) is 0 Å². The van der Waals surface area contributed by atoms with Crippen LogP contribution in [0.3, 0.4) is 0 Å². The van der Waals surface area contributed by atoms with Crippen molar-refractivity contribution in [2.75, 3.05) is 36.1 Å². The molecule has 0 spiro atoms. The molecule has 16 heavy (non-hydrogen) atoms. The Morgan fingerprint density at radius 1 is 1.38 bits per heavy atom. The highest BCUT2D eigenvalue weighted by molar-refractivity contribution is 7.91. The number of nitrogens with one attached hydrogen (secondary N) is 1. The Labute approximate surface area is 97.5 Å². The lowest BCUT2D eigenvalue weighted by molar-refractivity contribution is 0.528. The third-order valence-corrected chi connectivity index (χ3v) is 6.33. The average molecular weight is 269 g/mol. The molecule has 96 valence electrons. The molecule has 1 aliphatic heterocycles. The molecule has 1 rings (SSSR count). The molecule has 1 saturated heterocycles. The van der Waals surface area contributed by atoms with Gasteiger partial charge in [-0.2, -0.15) is 0 Å². The van der Waals surface area contributed by atoms with Gasteiger partial charge < -0.3 is 5.32 Å². The van der Waals surface area contributed by atoms with Gasteiger partial charge in [-0.1, -0.05) is 6.92 Å². The molecule has 1 fully saturated rings. The summed E-state index contributed by atoms with van der Waals surface area (Å²) in [7, 11) is -5.74. The summed E-state index contributed by atoms with van der Waals surface area (Å²) in [6.45, 7) is 2.63. The highest BCUT2D eigenvalue weighted by atomic mass is 32.2. The summed E-state index contributed by atoms with van der Waals surface area (Å²) in [5.41, 5.74) is 0. The molecule has 0 radical (unpaired) electrons. The zero-order chi connectivity index (χ0) is 12.2. The van der Waals surface area contributed by atoms with Gasteiger partial charge in [-0.15, -0.1) is 0 Å². The zero-order valence-electron chi connectivity index (χ0n) is 9.48.